The Morgan fingerprint density at radius 3 is 0.538 bits per heavy atom. The van der Waals surface area contributed by atoms with Gasteiger partial charge in [-0.25, -0.2) is 0 Å². The summed E-state index contributed by atoms with van der Waals surface area (Å²) in [5.74, 6) is 0. The molecule has 0 unspecified atom stereocenters. The normalized spacial score (nSPS) is 6.46. The monoisotopic (exact) mass is 342 g/mol. The zero-order valence-corrected chi connectivity index (χ0v) is 11.6. The van der Waals surface area contributed by atoms with E-state index in [0.717, 1.165) is 0 Å². The summed E-state index contributed by atoms with van der Waals surface area (Å²) >= 11 is 0. The van der Waals surface area contributed by atoms with E-state index in [-0.39, 0.29) is 26.2 Å². The smallest absolute Gasteiger partial charge is 0.772 e. The molecule has 0 saturated carbocycles. The molecule has 8 nitrogen and oxygen atoms in total. The molecule has 0 atom stereocenters. The van der Waals surface area contributed by atoms with E-state index in [1.54, 1.807) is 0 Å². The molecular weight excluding hydrogens is 343 g/mol. The molecule has 0 spiro atoms. The van der Waals surface area contributed by atoms with Gasteiger partial charge in [-0.1, -0.05) is 0 Å². The molecule has 0 aliphatic carbocycles. The first kappa shape index (κ1) is 29.2. The van der Waals surface area contributed by atoms with Crippen molar-refractivity contribution in [3.63, 3.8) is 0 Å². The molecule has 0 fully saturated rings. The minimum absolute atomic E-state index is 0. The topological polar surface area (TPSA) is 161 Å². The van der Waals surface area contributed by atoms with Crippen LogP contribution >= 0.6 is 34.7 Å². The first-order chi connectivity index (χ1) is 5.66. The Morgan fingerprint density at radius 1 is 0.538 bits per heavy atom. The molecular formula is O8P4Zr. The second-order valence-corrected chi connectivity index (χ2v) is 0.894. The van der Waals surface area contributed by atoms with Crippen molar-refractivity contribution >= 4 is 34.7 Å². The Labute approximate surface area is 98.6 Å². The molecule has 0 aromatic heterocycles. The van der Waals surface area contributed by atoms with Gasteiger partial charge in [-0.15, -0.1) is 0 Å². The molecule has 0 rings (SSSR count). The largest absolute Gasteiger partial charge is 4.00 e. The maximum atomic E-state index is 8.35. The minimum Gasteiger partial charge on any atom is -0.772 e. The van der Waals surface area contributed by atoms with Crippen LogP contribution in [0.4, 0.5) is 0 Å². The van der Waals surface area contributed by atoms with E-state index >= 15 is 0 Å². The molecule has 0 radical (unpaired) electrons. The summed E-state index contributed by atoms with van der Waals surface area (Å²) in [4.78, 5) is 33.4. The molecule has 0 heterocycles. The molecule has 0 saturated heterocycles. The van der Waals surface area contributed by atoms with Gasteiger partial charge in [-0.3, -0.25) is 18.3 Å². The van der Waals surface area contributed by atoms with Crippen molar-refractivity contribution in [3.8, 4) is 0 Å². The van der Waals surface area contributed by atoms with Crippen LogP contribution in [0.2, 0.25) is 0 Å². The van der Waals surface area contributed by atoms with Crippen LogP contribution in [0.5, 0.6) is 0 Å². The van der Waals surface area contributed by atoms with Gasteiger partial charge in [-0.2, -0.15) is 0 Å². The maximum Gasteiger partial charge on any atom is 4.00 e. The Balaban J connectivity index is -0.0000000213. The summed E-state index contributed by atoms with van der Waals surface area (Å²) < 4.78 is 33.4. The van der Waals surface area contributed by atoms with Crippen LogP contribution in [0.25, 0.3) is 0 Å². The summed E-state index contributed by atoms with van der Waals surface area (Å²) in [7, 11) is -4.33. The van der Waals surface area contributed by atoms with E-state index in [0.29, 0.717) is 0 Å². The summed E-state index contributed by atoms with van der Waals surface area (Å²) in [6.07, 6.45) is 0. The maximum absolute atomic E-state index is 8.35. The Morgan fingerprint density at radius 2 is 0.538 bits per heavy atom. The molecule has 13 heavy (non-hydrogen) atoms. The molecule has 0 aromatic carbocycles. The van der Waals surface area contributed by atoms with Crippen molar-refractivity contribution in [2.45, 2.75) is 0 Å². The molecule has 0 aliphatic heterocycles. The van der Waals surface area contributed by atoms with Crippen molar-refractivity contribution < 1.29 is 64.0 Å². The van der Waals surface area contributed by atoms with Gasteiger partial charge in [0.25, 0.3) is 0 Å². The number of hydrogen-bond acceptors (Lipinski definition) is 8. The summed E-state index contributed by atoms with van der Waals surface area (Å²) in [6, 6.07) is 0. The van der Waals surface area contributed by atoms with Gasteiger partial charge in [0.1, 0.15) is 0 Å². The third-order valence-electron chi connectivity index (χ3n) is 0. The molecule has 13 heteroatoms. The van der Waals surface area contributed by atoms with Gasteiger partial charge in [0, 0.05) is 0 Å². The SMILES string of the molecule is O=P[O-].O=P[O-].O=P[O-].O=P[O-].[Zr+4]. The third-order valence-corrected chi connectivity index (χ3v) is 0. The van der Waals surface area contributed by atoms with Crippen LogP contribution in [-0.4, -0.2) is 0 Å². The van der Waals surface area contributed by atoms with E-state index in [9.17, 15) is 0 Å². The fourth-order valence-corrected chi connectivity index (χ4v) is 0. The Kier molecular flexibility index (Phi) is 165. The van der Waals surface area contributed by atoms with Gasteiger partial charge in [0.2, 0.25) is 0 Å². The second-order valence-electron chi connectivity index (χ2n) is 0.298. The molecule has 72 valence electrons. The van der Waals surface area contributed by atoms with Crippen molar-refractivity contribution in [2.24, 2.45) is 0 Å². The van der Waals surface area contributed by atoms with Gasteiger partial charge < -0.3 is 19.6 Å². The average Bonchev–Trinajstić information content (AvgIpc) is 1.92. The predicted octanol–water partition coefficient (Wildman–Crippen LogP) is -1.79. The molecule has 0 aliphatic rings. The quantitative estimate of drug-likeness (QED) is 0.466. The van der Waals surface area contributed by atoms with Crippen LogP contribution in [-0.2, 0) is 44.5 Å². The predicted molar refractivity (Wildman–Crippen MR) is 30.4 cm³/mol. The van der Waals surface area contributed by atoms with E-state index < -0.39 is 34.7 Å². The van der Waals surface area contributed by atoms with E-state index in [1.807, 2.05) is 0 Å². The van der Waals surface area contributed by atoms with Crippen molar-refractivity contribution in [3.05, 3.63) is 0 Å². The minimum atomic E-state index is -1.08. The summed E-state index contributed by atoms with van der Waals surface area (Å²) in [5.41, 5.74) is 0. The van der Waals surface area contributed by atoms with Gasteiger partial charge in [0.15, 0.2) is 0 Å². The molecule has 0 N–H and O–H groups in total. The zero-order chi connectivity index (χ0) is 10.8. The van der Waals surface area contributed by atoms with Gasteiger partial charge in [0.05, 0.1) is 34.7 Å². The van der Waals surface area contributed by atoms with E-state index in [1.165, 1.54) is 0 Å². The van der Waals surface area contributed by atoms with Crippen LogP contribution in [0.1, 0.15) is 0 Å². The third kappa shape index (κ3) is 1290. The van der Waals surface area contributed by atoms with Crippen LogP contribution < -0.4 is 19.6 Å². The molecule has 0 aromatic rings. The zero-order valence-electron chi connectivity index (χ0n) is 5.55. The van der Waals surface area contributed by atoms with Gasteiger partial charge >= 0.3 is 26.2 Å². The van der Waals surface area contributed by atoms with Crippen LogP contribution in [0.3, 0.4) is 0 Å². The first-order valence-electron chi connectivity index (χ1n) is 1.46. The van der Waals surface area contributed by atoms with Crippen LogP contribution in [0.15, 0.2) is 0 Å². The number of hydrogen-bond donors (Lipinski definition) is 0. The standard InChI is InChI=1S/4HO2P.Zr/c4*1-3-2;/h4*(H,1,2);/q;;;;+4/p-4. The van der Waals surface area contributed by atoms with Gasteiger partial charge in [-0.05, 0) is 0 Å². The fraction of sp³-hybridized carbons (Fsp3) is 0. The Hall–Kier alpha value is 1.12. The summed E-state index contributed by atoms with van der Waals surface area (Å²) in [5, 5.41) is 0. The van der Waals surface area contributed by atoms with Crippen LogP contribution in [0, 0.1) is 0 Å². The van der Waals surface area contributed by atoms with Crippen molar-refractivity contribution in [1.82, 2.24) is 0 Å². The molecule has 0 bridgehead atoms. The molecule has 0 amide bonds. The van der Waals surface area contributed by atoms with E-state index in [4.69, 9.17) is 37.8 Å². The summed E-state index contributed by atoms with van der Waals surface area (Å²) in [6.45, 7) is 0. The van der Waals surface area contributed by atoms with Crippen molar-refractivity contribution in [1.29, 1.82) is 0 Å². The second kappa shape index (κ2) is 73.5. The van der Waals surface area contributed by atoms with E-state index in [2.05, 4.69) is 0 Å². The number of rotatable bonds is 0. The Bertz CT molecular complexity index is 70.1. The first-order valence-corrected chi connectivity index (χ1v) is 4.38. The van der Waals surface area contributed by atoms with Crippen molar-refractivity contribution in [2.75, 3.05) is 0 Å². The fourth-order valence-electron chi connectivity index (χ4n) is 0. The average molecular weight is 343 g/mol.